The van der Waals surface area contributed by atoms with Gasteiger partial charge in [0.05, 0.1) is 5.69 Å². The molecule has 4 rings (SSSR count). The molecule has 146 valence electrons. The van der Waals surface area contributed by atoms with Crippen LogP contribution in [0.1, 0.15) is 36.3 Å². The van der Waals surface area contributed by atoms with Crippen molar-refractivity contribution in [2.45, 2.75) is 39.7 Å². The van der Waals surface area contributed by atoms with Gasteiger partial charge in [-0.3, -0.25) is 9.80 Å². The highest BCUT2D eigenvalue weighted by Crippen LogP contribution is 2.39. The molecule has 1 aromatic carbocycles. The molecule has 2 fully saturated rings. The Labute approximate surface area is 162 Å². The minimum atomic E-state index is 0.448. The summed E-state index contributed by atoms with van der Waals surface area (Å²) in [4.78, 5) is 5.20. The van der Waals surface area contributed by atoms with E-state index in [-0.39, 0.29) is 0 Å². The van der Waals surface area contributed by atoms with Crippen LogP contribution < -0.4 is 4.74 Å². The second-order valence-corrected chi connectivity index (χ2v) is 8.30. The molecule has 2 aliphatic heterocycles. The number of likely N-dealkylation sites (tertiary alicyclic amines) is 2. The number of rotatable bonds is 6. The fourth-order valence-electron chi connectivity index (χ4n) is 4.76. The molecule has 0 bridgehead atoms. The van der Waals surface area contributed by atoms with Gasteiger partial charge in [0.15, 0.2) is 0 Å². The van der Waals surface area contributed by atoms with Crippen molar-refractivity contribution in [3.63, 3.8) is 0 Å². The van der Waals surface area contributed by atoms with Crippen molar-refractivity contribution in [1.29, 1.82) is 0 Å². The zero-order valence-electron chi connectivity index (χ0n) is 16.6. The monoisotopic (exact) mass is 369 g/mol. The minimum absolute atomic E-state index is 0.448. The lowest BCUT2D eigenvalue weighted by Crippen LogP contribution is -2.46. The van der Waals surface area contributed by atoms with Crippen molar-refractivity contribution < 1.29 is 9.26 Å². The lowest BCUT2D eigenvalue weighted by atomic mass is 9.79. The molecule has 0 saturated carbocycles. The number of piperidine rings is 1. The van der Waals surface area contributed by atoms with Crippen molar-refractivity contribution in [3.8, 4) is 5.75 Å². The Balaban J connectivity index is 1.29. The predicted octanol–water partition coefficient (Wildman–Crippen LogP) is 3.66. The molecule has 1 spiro atoms. The number of aromatic nitrogens is 1. The van der Waals surface area contributed by atoms with Crippen molar-refractivity contribution in [2.24, 2.45) is 5.41 Å². The molecule has 2 aliphatic rings. The molecule has 5 nitrogen and oxygen atoms in total. The summed E-state index contributed by atoms with van der Waals surface area (Å²) < 4.78 is 11.2. The second kappa shape index (κ2) is 8.03. The second-order valence-electron chi connectivity index (χ2n) is 8.30. The van der Waals surface area contributed by atoms with Crippen LogP contribution in [0.2, 0.25) is 0 Å². The number of ether oxygens (including phenoxy) is 1. The van der Waals surface area contributed by atoms with Crippen LogP contribution >= 0.6 is 0 Å². The molecule has 0 aliphatic carbocycles. The average molecular weight is 370 g/mol. The van der Waals surface area contributed by atoms with Crippen molar-refractivity contribution >= 4 is 0 Å². The summed E-state index contributed by atoms with van der Waals surface area (Å²) >= 11 is 0. The largest absolute Gasteiger partial charge is 0.492 e. The standard InChI is InChI=1S/C22H31N3O2/c1-18-21(19(2)27-23-18)15-25-12-10-22(17-25)9-6-11-24(16-22)13-14-26-20-7-4-3-5-8-20/h3-5,7-8H,6,9-17H2,1-2H3/t22-/m0/s1. The van der Waals surface area contributed by atoms with E-state index in [2.05, 4.69) is 15.0 Å². The van der Waals surface area contributed by atoms with E-state index in [1.54, 1.807) is 0 Å². The Hall–Kier alpha value is -1.85. The van der Waals surface area contributed by atoms with Gasteiger partial charge in [0.2, 0.25) is 0 Å². The van der Waals surface area contributed by atoms with Crippen LogP contribution in [0.15, 0.2) is 34.9 Å². The van der Waals surface area contributed by atoms with Crippen LogP contribution in [0.5, 0.6) is 5.75 Å². The van der Waals surface area contributed by atoms with Gasteiger partial charge in [0, 0.05) is 31.7 Å². The van der Waals surface area contributed by atoms with Gasteiger partial charge in [-0.15, -0.1) is 0 Å². The molecule has 1 atom stereocenters. The zero-order chi connectivity index (χ0) is 18.7. The Morgan fingerprint density at radius 2 is 1.89 bits per heavy atom. The Kier molecular flexibility index (Phi) is 5.50. The molecule has 2 saturated heterocycles. The molecule has 0 unspecified atom stereocenters. The van der Waals surface area contributed by atoms with Crippen LogP contribution in [0, 0.1) is 19.3 Å². The molecule has 3 heterocycles. The fourth-order valence-corrected chi connectivity index (χ4v) is 4.76. The normalized spacial score (nSPS) is 23.9. The Bertz CT molecular complexity index is 726. The molecule has 27 heavy (non-hydrogen) atoms. The van der Waals surface area contributed by atoms with Gasteiger partial charge in [0.1, 0.15) is 18.1 Å². The Morgan fingerprint density at radius 1 is 1.07 bits per heavy atom. The van der Waals surface area contributed by atoms with Gasteiger partial charge in [-0.25, -0.2) is 0 Å². The van der Waals surface area contributed by atoms with Gasteiger partial charge in [0.25, 0.3) is 0 Å². The maximum Gasteiger partial charge on any atom is 0.138 e. The number of hydrogen-bond donors (Lipinski definition) is 0. The summed E-state index contributed by atoms with van der Waals surface area (Å²) in [5, 5.41) is 4.11. The van der Waals surface area contributed by atoms with Crippen LogP contribution in [0.4, 0.5) is 0 Å². The molecule has 2 aromatic rings. The number of aryl methyl sites for hydroxylation is 2. The Morgan fingerprint density at radius 3 is 2.67 bits per heavy atom. The van der Waals surface area contributed by atoms with Crippen LogP contribution in [0.3, 0.4) is 0 Å². The highest BCUT2D eigenvalue weighted by atomic mass is 16.5. The molecule has 5 heteroatoms. The van der Waals surface area contributed by atoms with Crippen LogP contribution in [0.25, 0.3) is 0 Å². The number of benzene rings is 1. The first-order valence-corrected chi connectivity index (χ1v) is 10.2. The zero-order valence-corrected chi connectivity index (χ0v) is 16.6. The molecular weight excluding hydrogens is 338 g/mol. The average Bonchev–Trinajstić information content (AvgIpc) is 3.21. The van der Waals surface area contributed by atoms with Gasteiger partial charge in [-0.2, -0.15) is 0 Å². The number of para-hydroxylation sites is 1. The molecule has 0 N–H and O–H groups in total. The number of nitrogens with zero attached hydrogens (tertiary/aromatic N) is 3. The third kappa shape index (κ3) is 4.36. The van der Waals surface area contributed by atoms with E-state index in [0.29, 0.717) is 5.41 Å². The first-order chi connectivity index (χ1) is 13.1. The predicted molar refractivity (Wildman–Crippen MR) is 106 cm³/mol. The first kappa shape index (κ1) is 18.5. The summed E-state index contributed by atoms with van der Waals surface area (Å²) in [6, 6.07) is 10.1. The quantitative estimate of drug-likeness (QED) is 0.777. The maximum absolute atomic E-state index is 5.91. The van der Waals surface area contributed by atoms with Gasteiger partial charge in [-0.1, -0.05) is 23.4 Å². The number of hydrogen-bond acceptors (Lipinski definition) is 5. The van der Waals surface area contributed by atoms with E-state index in [9.17, 15) is 0 Å². The minimum Gasteiger partial charge on any atom is -0.492 e. The van der Waals surface area contributed by atoms with Crippen molar-refractivity contribution in [1.82, 2.24) is 15.0 Å². The highest BCUT2D eigenvalue weighted by Gasteiger charge is 2.41. The topological polar surface area (TPSA) is 41.7 Å². The molecule has 0 amide bonds. The third-order valence-corrected chi connectivity index (χ3v) is 6.24. The maximum atomic E-state index is 5.91. The summed E-state index contributed by atoms with van der Waals surface area (Å²) in [6.45, 7) is 11.6. The van der Waals surface area contributed by atoms with Crippen molar-refractivity contribution in [3.05, 3.63) is 47.3 Å². The summed E-state index contributed by atoms with van der Waals surface area (Å²) in [5.74, 6) is 1.94. The smallest absolute Gasteiger partial charge is 0.138 e. The lowest BCUT2D eigenvalue weighted by molar-refractivity contribution is 0.0804. The fraction of sp³-hybridized carbons (Fsp3) is 0.591. The summed E-state index contributed by atoms with van der Waals surface area (Å²) in [6.07, 6.45) is 3.94. The third-order valence-electron chi connectivity index (χ3n) is 6.24. The molecular formula is C22H31N3O2. The van der Waals surface area contributed by atoms with E-state index in [1.165, 1.54) is 51.0 Å². The first-order valence-electron chi connectivity index (χ1n) is 10.2. The molecule has 0 radical (unpaired) electrons. The van der Waals surface area contributed by atoms with Crippen LogP contribution in [-0.4, -0.2) is 54.3 Å². The van der Waals surface area contributed by atoms with E-state index in [1.807, 2.05) is 44.2 Å². The van der Waals surface area contributed by atoms with Gasteiger partial charge < -0.3 is 9.26 Å². The van der Waals surface area contributed by atoms with E-state index >= 15 is 0 Å². The lowest BCUT2D eigenvalue weighted by Gasteiger charge is -2.40. The highest BCUT2D eigenvalue weighted by molar-refractivity contribution is 5.21. The van der Waals surface area contributed by atoms with E-state index in [4.69, 9.17) is 9.26 Å². The summed E-state index contributed by atoms with van der Waals surface area (Å²) in [5.41, 5.74) is 2.76. The van der Waals surface area contributed by atoms with Crippen molar-refractivity contribution in [2.75, 3.05) is 39.3 Å². The van der Waals surface area contributed by atoms with Crippen LogP contribution in [-0.2, 0) is 6.54 Å². The summed E-state index contributed by atoms with van der Waals surface area (Å²) in [7, 11) is 0. The van der Waals surface area contributed by atoms with E-state index in [0.717, 1.165) is 36.9 Å². The van der Waals surface area contributed by atoms with Gasteiger partial charge in [-0.05, 0) is 63.7 Å². The SMILES string of the molecule is Cc1noc(C)c1CN1CC[C@]2(CCCN(CCOc3ccccc3)C2)C1. The van der Waals surface area contributed by atoms with E-state index < -0.39 is 0 Å². The van der Waals surface area contributed by atoms with Gasteiger partial charge >= 0.3 is 0 Å². The molecule has 1 aromatic heterocycles.